The molecule has 0 aliphatic rings. The zero-order chi connectivity index (χ0) is 77.4. The third kappa shape index (κ3) is 86.7. The highest BCUT2D eigenvalue weighted by Crippen LogP contribution is 2.18. The molecule has 107 heavy (non-hydrogen) atoms. The number of carbonyl (C=O) groups excluding carboxylic acids is 3. The van der Waals surface area contributed by atoms with E-state index in [4.69, 9.17) is 18.9 Å². The summed E-state index contributed by atoms with van der Waals surface area (Å²) in [7, 11) is 5.92. The maximum atomic E-state index is 13.0. The maximum Gasteiger partial charge on any atom is 0.306 e. The summed E-state index contributed by atoms with van der Waals surface area (Å²) in [5.74, 6) is -2.33. The van der Waals surface area contributed by atoms with Crippen LogP contribution >= 0.6 is 0 Å². The molecule has 0 saturated heterocycles. The number of carbonyl (C=O) groups is 3. The van der Waals surface area contributed by atoms with Crippen molar-refractivity contribution in [2.75, 3.05) is 47.5 Å². The molecular formula is C98H157NO8. The number of nitrogens with zero attached hydrogens (tertiary/aromatic N) is 1. The molecule has 0 saturated carbocycles. The van der Waals surface area contributed by atoms with Gasteiger partial charge in [-0.1, -0.05) is 374 Å². The number of ether oxygens (including phenoxy) is 4. The first kappa shape index (κ1) is 101. The van der Waals surface area contributed by atoms with Crippen molar-refractivity contribution in [3.05, 3.63) is 219 Å². The van der Waals surface area contributed by atoms with Crippen LogP contribution in [0.1, 0.15) is 322 Å². The Balaban J connectivity index is 4.10. The predicted octanol–water partition coefficient (Wildman–Crippen LogP) is 27.0. The number of carboxylic acid groups (broad SMARTS) is 1. The van der Waals surface area contributed by atoms with Crippen LogP contribution in [0.15, 0.2) is 219 Å². The summed E-state index contributed by atoms with van der Waals surface area (Å²) in [6.07, 6.45) is 131. The lowest BCUT2D eigenvalue weighted by Gasteiger charge is -2.26. The first-order valence-corrected chi connectivity index (χ1v) is 42.9. The Kier molecular flexibility index (Phi) is 80.1. The molecule has 2 atom stereocenters. The van der Waals surface area contributed by atoms with E-state index in [0.29, 0.717) is 17.4 Å². The van der Waals surface area contributed by atoms with Crippen LogP contribution in [0, 0.1) is 0 Å². The van der Waals surface area contributed by atoms with Gasteiger partial charge in [-0.25, -0.2) is 0 Å². The minimum Gasteiger partial charge on any atom is -0.545 e. The number of quaternary nitrogens is 1. The van der Waals surface area contributed by atoms with E-state index < -0.39 is 24.3 Å². The van der Waals surface area contributed by atoms with Crippen molar-refractivity contribution in [2.45, 2.75) is 334 Å². The van der Waals surface area contributed by atoms with Gasteiger partial charge in [-0.05, 0) is 154 Å². The van der Waals surface area contributed by atoms with Gasteiger partial charge in [-0.2, -0.15) is 0 Å². The van der Waals surface area contributed by atoms with Gasteiger partial charge in [0.2, 0.25) is 0 Å². The van der Waals surface area contributed by atoms with E-state index in [-0.39, 0.29) is 38.6 Å². The van der Waals surface area contributed by atoms with Gasteiger partial charge in [0.15, 0.2) is 12.4 Å². The summed E-state index contributed by atoms with van der Waals surface area (Å²) in [5, 5.41) is 11.9. The molecule has 9 heteroatoms. The minimum atomic E-state index is -1.64. The van der Waals surface area contributed by atoms with E-state index in [2.05, 4.69) is 233 Å². The Morgan fingerprint density at radius 2 is 0.505 bits per heavy atom. The summed E-state index contributed by atoms with van der Waals surface area (Å²) in [4.78, 5) is 37.7. The smallest absolute Gasteiger partial charge is 0.306 e. The zero-order valence-electron chi connectivity index (χ0n) is 68.9. The van der Waals surface area contributed by atoms with E-state index in [1.165, 1.54) is 128 Å². The second kappa shape index (κ2) is 85.2. The monoisotopic (exact) mass is 1480 g/mol. The molecule has 9 nitrogen and oxygen atoms in total. The quantitative estimate of drug-likeness (QED) is 0.0195. The first-order chi connectivity index (χ1) is 52.6. The van der Waals surface area contributed by atoms with Crippen LogP contribution in [0.2, 0.25) is 0 Å². The van der Waals surface area contributed by atoms with Crippen molar-refractivity contribution < 1.29 is 42.9 Å². The van der Waals surface area contributed by atoms with Crippen molar-refractivity contribution in [3.63, 3.8) is 0 Å². The van der Waals surface area contributed by atoms with Gasteiger partial charge in [0, 0.05) is 12.8 Å². The normalized spacial score (nSPS) is 13.8. The molecule has 2 unspecified atom stereocenters. The Bertz CT molecular complexity index is 2580. The molecule has 0 radical (unpaired) electrons. The molecule has 0 aliphatic carbocycles. The van der Waals surface area contributed by atoms with E-state index in [9.17, 15) is 19.5 Å². The van der Waals surface area contributed by atoms with E-state index >= 15 is 0 Å². The van der Waals surface area contributed by atoms with Crippen molar-refractivity contribution >= 4 is 17.9 Å². The minimum absolute atomic E-state index is 0.133. The van der Waals surface area contributed by atoms with Gasteiger partial charge in [0.25, 0.3) is 0 Å². The van der Waals surface area contributed by atoms with E-state index in [1.54, 1.807) is 0 Å². The summed E-state index contributed by atoms with van der Waals surface area (Å²) in [5.41, 5.74) is 0. The van der Waals surface area contributed by atoms with Crippen molar-refractivity contribution in [3.8, 4) is 0 Å². The summed E-state index contributed by atoms with van der Waals surface area (Å²) >= 11 is 0. The number of aliphatic carboxylic acids is 1. The summed E-state index contributed by atoms with van der Waals surface area (Å²) in [6, 6.07) is 0. The van der Waals surface area contributed by atoms with Gasteiger partial charge < -0.3 is 33.3 Å². The van der Waals surface area contributed by atoms with E-state index in [0.717, 1.165) is 161 Å². The SMILES string of the molecule is CC/C=C\C/C=C\C/C=C\C/C=C\C/C=C\C/C=C\C/C=C\C/C=C\C/C=C\C/C=C\C/C=C\C/C=C\CCCCCCC(=O)OC(COC(=O)CCCCCCCCCCCCCCCCCCCCCCCC/C=C\C/C=C\C/C=C\C/C=C\C/C=C\C/C=C\CC)COC(OCC[N+](C)(C)C)C(=O)[O-]. The van der Waals surface area contributed by atoms with Gasteiger partial charge in [0.05, 0.1) is 40.3 Å². The Morgan fingerprint density at radius 1 is 0.280 bits per heavy atom. The Morgan fingerprint density at radius 3 is 0.748 bits per heavy atom. The Labute approximate surface area is 657 Å². The van der Waals surface area contributed by atoms with Crippen LogP contribution in [0.4, 0.5) is 0 Å². The molecule has 0 aromatic heterocycles. The topological polar surface area (TPSA) is 111 Å². The zero-order valence-corrected chi connectivity index (χ0v) is 68.9. The highest BCUT2D eigenvalue weighted by molar-refractivity contribution is 5.70. The van der Waals surface area contributed by atoms with Crippen LogP contribution in [0.25, 0.3) is 0 Å². The maximum absolute atomic E-state index is 13.0. The molecule has 0 aliphatic heterocycles. The molecule has 0 aromatic carbocycles. The Hall–Kier alpha value is -6.39. The lowest BCUT2D eigenvalue weighted by atomic mass is 10.0. The number of rotatable bonds is 77. The van der Waals surface area contributed by atoms with Crippen molar-refractivity contribution in [2.24, 2.45) is 0 Å². The molecule has 0 fully saturated rings. The largest absolute Gasteiger partial charge is 0.545 e. The number of carboxylic acids is 1. The van der Waals surface area contributed by atoms with Gasteiger partial charge in [-0.15, -0.1) is 0 Å². The van der Waals surface area contributed by atoms with Crippen LogP contribution in [0.3, 0.4) is 0 Å². The highest BCUT2D eigenvalue weighted by atomic mass is 16.7. The lowest BCUT2D eigenvalue weighted by molar-refractivity contribution is -0.870. The average molecular weight is 1480 g/mol. The molecule has 0 bridgehead atoms. The first-order valence-electron chi connectivity index (χ1n) is 42.9. The van der Waals surface area contributed by atoms with Crippen LogP contribution < -0.4 is 5.11 Å². The molecule has 602 valence electrons. The molecular weight excluding hydrogens is 1320 g/mol. The molecule has 0 spiro atoms. The molecule has 0 amide bonds. The fourth-order valence-corrected chi connectivity index (χ4v) is 11.3. The van der Waals surface area contributed by atoms with Crippen molar-refractivity contribution in [1.82, 2.24) is 0 Å². The van der Waals surface area contributed by atoms with E-state index in [1.807, 2.05) is 21.1 Å². The number of likely N-dealkylation sites (N-methyl/N-ethyl adjacent to an activating group) is 1. The van der Waals surface area contributed by atoms with Crippen LogP contribution in [0.5, 0.6) is 0 Å². The fourth-order valence-electron chi connectivity index (χ4n) is 11.3. The third-order valence-electron chi connectivity index (χ3n) is 17.7. The number of hydrogen-bond acceptors (Lipinski definition) is 8. The molecule has 0 aromatic rings. The number of esters is 2. The number of allylic oxidation sites excluding steroid dienone is 36. The summed E-state index contributed by atoms with van der Waals surface area (Å²) < 4.78 is 22.8. The van der Waals surface area contributed by atoms with Gasteiger partial charge in [0.1, 0.15) is 13.2 Å². The highest BCUT2D eigenvalue weighted by Gasteiger charge is 2.22. The van der Waals surface area contributed by atoms with Crippen LogP contribution in [-0.4, -0.2) is 82.3 Å². The summed E-state index contributed by atoms with van der Waals surface area (Å²) in [6.45, 7) is 4.49. The second-order valence-electron chi connectivity index (χ2n) is 29.0. The van der Waals surface area contributed by atoms with Gasteiger partial charge in [-0.3, -0.25) is 9.59 Å². The fraction of sp³-hybridized carbons (Fsp3) is 0.602. The number of hydrogen-bond donors (Lipinski definition) is 0. The van der Waals surface area contributed by atoms with Gasteiger partial charge >= 0.3 is 11.9 Å². The number of unbranched alkanes of at least 4 members (excludes halogenated alkanes) is 26. The second-order valence-corrected chi connectivity index (χ2v) is 29.0. The third-order valence-corrected chi connectivity index (χ3v) is 17.7. The predicted molar refractivity (Wildman–Crippen MR) is 462 cm³/mol. The standard InChI is InChI=1S/C98H157NO8/c1-6-8-10-12-14-16-18-20-22-24-26-28-30-32-34-36-38-40-42-44-46-48-50-52-54-56-58-60-62-64-66-68-70-72-74-76-78-80-82-84-86-88-95(100)105-92-94(93-106-98(97(102)103)104-91-90-99(3,4)5)107-96(101)89-87-85-83-81-79-77-75-73-71-69-67-65-63-61-59-57-55-53-51-49-47-45-43-41-39-37-35-33-31-29-27-25-23-21-19-17-15-13-11-9-7-2/h8-11,14-17,20-23,26-29,32-35,38-41,45,47,51,53,57,59,63,65,69,71,75,77,94,98H,6-7,12-13,18-19,24-25,30-31,36-37,42-44,46,48-50,52,54-56,58,60-62,64,66-68,70,72-74,76,78-93H2,1-5H3/b10-8-,11-9-,16-14-,17-15-,22-20-,23-21-,28-26-,29-27-,34-32-,35-33-,40-38-,41-39-,47-45-,53-51-,59-57-,65-63-,71-69-,77-75-. The lowest BCUT2D eigenvalue weighted by Crippen LogP contribution is -2.44. The van der Waals surface area contributed by atoms with Crippen LogP contribution in [-0.2, 0) is 33.3 Å². The van der Waals surface area contributed by atoms with Crippen molar-refractivity contribution in [1.29, 1.82) is 0 Å². The average Bonchev–Trinajstić information content (AvgIpc) is 0.965. The molecule has 0 heterocycles. The molecule has 0 N–H and O–H groups in total. The molecule has 0 rings (SSSR count).